The van der Waals surface area contributed by atoms with Crippen LogP contribution in [0, 0.1) is 0 Å². The molecule has 0 aliphatic carbocycles. The molecule has 2 N–H and O–H groups in total. The molecular weight excluding hydrogens is 303 g/mol. The Morgan fingerprint density at radius 3 is 1.17 bits per heavy atom. The van der Waals surface area contributed by atoms with Gasteiger partial charge in [0.05, 0.1) is 0 Å². The number of rotatable bonds is 0. The van der Waals surface area contributed by atoms with Crippen LogP contribution in [-0.2, 0) is 40.6 Å². The molecule has 0 bridgehead atoms. The van der Waals surface area contributed by atoms with E-state index in [-0.39, 0.29) is 17.1 Å². The van der Waals surface area contributed by atoms with E-state index in [0.717, 1.165) is 0 Å². The third-order valence-corrected chi connectivity index (χ3v) is 0. The van der Waals surface area contributed by atoms with Gasteiger partial charge in [0.2, 0.25) is 0 Å². The van der Waals surface area contributed by atoms with E-state index < -0.39 is 16.7 Å². The van der Waals surface area contributed by atoms with Gasteiger partial charge in [0, 0.05) is 17.1 Å². The molecule has 0 unspecified atom stereocenters. The third kappa shape index (κ3) is 124. The molecule has 6 heavy (non-hydrogen) atoms. The van der Waals surface area contributed by atoms with Crippen LogP contribution >= 0.6 is 0 Å². The second kappa shape index (κ2) is 2.83. The molecule has 0 spiro atoms. The van der Waals surface area contributed by atoms with Crippen molar-refractivity contribution in [3.05, 3.63) is 0 Å². The Balaban J connectivity index is 0. The minimum atomic E-state index is -5.67. The quantitative estimate of drug-likeness (QED) is 0.542. The maximum atomic E-state index is 8.87. The molecule has 0 rings (SSSR count). The zero-order valence-corrected chi connectivity index (χ0v) is 6.61. The van der Waals surface area contributed by atoms with Crippen LogP contribution in [-0.4, -0.2) is 7.52 Å². The summed E-state index contributed by atoms with van der Waals surface area (Å²) in [6.07, 6.45) is 0. The van der Waals surface area contributed by atoms with E-state index in [1.807, 2.05) is 0 Å². The number of hydrogen-bond donors (Lipinski definition) is 2. The SMILES string of the molecule is [Mn].[O]=[W](=[O])([OH])[OH]. The Bertz CT molecular complexity index is 90.7. The van der Waals surface area contributed by atoms with Crippen molar-refractivity contribution >= 4 is 0 Å². The Morgan fingerprint density at radius 1 is 1.17 bits per heavy atom. The van der Waals surface area contributed by atoms with Crippen molar-refractivity contribution in [1.82, 2.24) is 0 Å². The maximum absolute atomic E-state index is 8.87. The molecule has 0 saturated heterocycles. The van der Waals surface area contributed by atoms with Gasteiger partial charge in [-0.15, -0.1) is 0 Å². The van der Waals surface area contributed by atoms with Crippen LogP contribution in [0.1, 0.15) is 0 Å². The molecule has 39 valence electrons. The average Bonchev–Trinajstić information content (AvgIpc) is 0.722. The zero-order valence-electron chi connectivity index (χ0n) is 2.50. The molecule has 4 nitrogen and oxygen atoms in total. The van der Waals surface area contributed by atoms with E-state index in [2.05, 4.69) is 0 Å². The second-order valence-electron chi connectivity index (χ2n) is 0.448. The summed E-state index contributed by atoms with van der Waals surface area (Å²) in [6, 6.07) is 0. The first-order valence-corrected chi connectivity index (χ1v) is 5.72. The van der Waals surface area contributed by atoms with Gasteiger partial charge in [-0.1, -0.05) is 0 Å². The molecule has 0 aliphatic rings. The van der Waals surface area contributed by atoms with Crippen molar-refractivity contribution < 1.29 is 48.1 Å². The fourth-order valence-corrected chi connectivity index (χ4v) is 0. The van der Waals surface area contributed by atoms with Crippen molar-refractivity contribution in [3.8, 4) is 0 Å². The third-order valence-electron chi connectivity index (χ3n) is 0. The predicted molar refractivity (Wildman–Crippen MR) is 5.81 cm³/mol. The van der Waals surface area contributed by atoms with Crippen LogP contribution in [0.4, 0.5) is 0 Å². The van der Waals surface area contributed by atoms with Crippen LogP contribution in [0.3, 0.4) is 0 Å². The number of hydrogen-bond acceptors (Lipinski definition) is 2. The van der Waals surface area contributed by atoms with E-state index in [0.29, 0.717) is 0 Å². The van der Waals surface area contributed by atoms with Gasteiger partial charge in [-0.25, -0.2) is 0 Å². The van der Waals surface area contributed by atoms with Crippen LogP contribution in [0.2, 0.25) is 0 Å². The van der Waals surface area contributed by atoms with Gasteiger partial charge in [0.15, 0.2) is 0 Å². The summed E-state index contributed by atoms with van der Waals surface area (Å²) in [4.78, 5) is 0. The van der Waals surface area contributed by atoms with E-state index in [1.54, 1.807) is 0 Å². The van der Waals surface area contributed by atoms with Crippen LogP contribution in [0.5, 0.6) is 0 Å². The zero-order chi connectivity index (χ0) is 4.50. The van der Waals surface area contributed by atoms with E-state index >= 15 is 0 Å². The standard InChI is InChI=1S/Mn.2H2O.2O.W/h;2*1H2;;;/q;;;;;+2/p-2. The fraction of sp³-hybridized carbons (Fsp3) is 0. The van der Waals surface area contributed by atoms with Crippen molar-refractivity contribution in [2.24, 2.45) is 0 Å². The molecule has 0 saturated carbocycles. The van der Waals surface area contributed by atoms with Crippen molar-refractivity contribution in [3.63, 3.8) is 0 Å². The first-order valence-electron chi connectivity index (χ1n) is 0.698. The summed E-state index contributed by atoms with van der Waals surface area (Å²) in [6.45, 7) is 0. The Kier molecular flexibility index (Phi) is 4.66. The van der Waals surface area contributed by atoms with Gasteiger partial charge < -0.3 is 0 Å². The summed E-state index contributed by atoms with van der Waals surface area (Å²) < 4.78 is 32.1. The van der Waals surface area contributed by atoms with E-state index in [1.165, 1.54) is 0 Å². The Hall–Kier alpha value is 0.728. The van der Waals surface area contributed by atoms with E-state index in [4.69, 9.17) is 14.3 Å². The van der Waals surface area contributed by atoms with Crippen molar-refractivity contribution in [1.29, 1.82) is 0 Å². The fourth-order valence-electron chi connectivity index (χ4n) is 0. The molecule has 6 heteroatoms. The van der Waals surface area contributed by atoms with Gasteiger partial charge >= 0.3 is 31.1 Å². The normalized spacial score (nSPS) is 9.67. The van der Waals surface area contributed by atoms with E-state index in [9.17, 15) is 0 Å². The van der Waals surface area contributed by atoms with Gasteiger partial charge in [0.1, 0.15) is 0 Å². The van der Waals surface area contributed by atoms with Crippen molar-refractivity contribution in [2.45, 2.75) is 0 Å². The summed E-state index contributed by atoms with van der Waals surface area (Å²) in [5, 5.41) is 0. The predicted octanol–water partition coefficient (Wildman–Crippen LogP) is -1.36. The second-order valence-corrected chi connectivity index (χ2v) is 3.67. The summed E-state index contributed by atoms with van der Waals surface area (Å²) in [7, 11) is 0. The monoisotopic (exact) mass is 305 g/mol. The summed E-state index contributed by atoms with van der Waals surface area (Å²) in [5.74, 6) is 0. The molecule has 0 atom stereocenters. The first kappa shape index (κ1) is 9.87. The molecule has 0 amide bonds. The van der Waals surface area contributed by atoms with Crippen LogP contribution in [0.15, 0.2) is 0 Å². The molecule has 0 aliphatic heterocycles. The molecule has 0 aromatic rings. The minimum absolute atomic E-state index is 0. The van der Waals surface area contributed by atoms with Gasteiger partial charge in [0.25, 0.3) is 0 Å². The van der Waals surface area contributed by atoms with Gasteiger partial charge in [-0.2, -0.15) is 0 Å². The summed E-state index contributed by atoms with van der Waals surface area (Å²) in [5.41, 5.74) is 0. The first-order chi connectivity index (χ1) is 2.00. The Labute approximate surface area is 48.4 Å². The molecule has 1 radical (unpaired) electrons. The van der Waals surface area contributed by atoms with Crippen LogP contribution in [0.25, 0.3) is 0 Å². The summed E-state index contributed by atoms with van der Waals surface area (Å²) >= 11 is -5.67. The average molecular weight is 305 g/mol. The molecule has 0 fully saturated rings. The van der Waals surface area contributed by atoms with Crippen molar-refractivity contribution in [2.75, 3.05) is 0 Å². The van der Waals surface area contributed by atoms with Gasteiger partial charge in [-0.3, -0.25) is 0 Å². The molecule has 0 aromatic heterocycles. The molecule has 0 heterocycles. The molecular formula is H2MnO4W. The molecule has 0 aromatic carbocycles. The van der Waals surface area contributed by atoms with Crippen LogP contribution < -0.4 is 0 Å². The topological polar surface area (TPSA) is 74.6 Å². The van der Waals surface area contributed by atoms with Gasteiger partial charge in [-0.05, 0) is 0 Å². The Morgan fingerprint density at radius 2 is 1.17 bits per heavy atom.